The van der Waals surface area contributed by atoms with E-state index >= 15 is 0 Å². The van der Waals surface area contributed by atoms with Crippen molar-refractivity contribution in [3.8, 4) is 0 Å². The molecule has 1 heterocycles. The minimum atomic E-state index is -0.640. The van der Waals surface area contributed by atoms with Gasteiger partial charge in [-0.3, -0.25) is 9.59 Å². The molecule has 25 heavy (non-hydrogen) atoms. The molecule has 0 amide bonds. The minimum Gasteiger partial charge on any atom is -0.393 e. The molecule has 1 saturated heterocycles. The van der Waals surface area contributed by atoms with Crippen molar-refractivity contribution in [1.82, 2.24) is 0 Å². The van der Waals surface area contributed by atoms with Gasteiger partial charge in [0.25, 0.3) is 0 Å². The second kappa shape index (κ2) is 4.72. The number of hydrogen-bond donors (Lipinski definition) is 1. The van der Waals surface area contributed by atoms with Crippen LogP contribution in [-0.4, -0.2) is 35.0 Å². The van der Waals surface area contributed by atoms with Gasteiger partial charge >= 0.3 is 0 Å². The highest BCUT2D eigenvalue weighted by Crippen LogP contribution is 2.68. The van der Waals surface area contributed by atoms with Gasteiger partial charge in [-0.2, -0.15) is 0 Å². The van der Waals surface area contributed by atoms with Crippen LogP contribution in [0.5, 0.6) is 0 Å². The van der Waals surface area contributed by atoms with Gasteiger partial charge in [-0.15, -0.1) is 0 Å². The molecule has 4 nitrogen and oxygen atoms in total. The highest BCUT2D eigenvalue weighted by molar-refractivity contribution is 6.01. The summed E-state index contributed by atoms with van der Waals surface area (Å²) in [5, 5.41) is 11.2. The molecule has 4 heteroatoms. The molecule has 7 atom stereocenters. The van der Waals surface area contributed by atoms with Crippen molar-refractivity contribution in [2.75, 3.05) is 6.61 Å². The number of carbonyl (C=O) groups excluding carboxylic acids is 2. The molecule has 1 spiro atoms. The molecule has 0 unspecified atom stereocenters. The quantitative estimate of drug-likeness (QED) is 0.735. The average Bonchev–Trinajstić information content (AvgIpc) is 2.88. The number of carbonyl (C=O) groups is 2. The molecule has 3 saturated carbocycles. The molecule has 5 aliphatic rings. The second-order valence-corrected chi connectivity index (χ2v) is 9.29. The summed E-state index contributed by atoms with van der Waals surface area (Å²) in [7, 11) is 0. The van der Waals surface area contributed by atoms with E-state index in [-0.39, 0.29) is 34.9 Å². The van der Waals surface area contributed by atoms with Crippen LogP contribution in [0, 0.1) is 28.6 Å². The van der Waals surface area contributed by atoms with Crippen LogP contribution in [0.4, 0.5) is 0 Å². The van der Waals surface area contributed by atoms with E-state index in [4.69, 9.17) is 4.74 Å². The fraction of sp³-hybridized carbons (Fsp3) is 0.714. The molecule has 0 aromatic heterocycles. The van der Waals surface area contributed by atoms with E-state index in [2.05, 4.69) is 13.8 Å². The van der Waals surface area contributed by atoms with Crippen LogP contribution in [0.3, 0.4) is 0 Å². The van der Waals surface area contributed by atoms with Crippen molar-refractivity contribution in [1.29, 1.82) is 0 Å². The Kier molecular flexibility index (Phi) is 3.01. The molecular formula is C21H26O4. The molecule has 0 aromatic carbocycles. The van der Waals surface area contributed by atoms with E-state index in [1.54, 1.807) is 12.2 Å². The number of aliphatic hydroxyl groups is 1. The van der Waals surface area contributed by atoms with Crippen LogP contribution >= 0.6 is 0 Å². The topological polar surface area (TPSA) is 63.6 Å². The summed E-state index contributed by atoms with van der Waals surface area (Å²) in [6, 6.07) is 0. The maximum atomic E-state index is 12.4. The average molecular weight is 342 g/mol. The van der Waals surface area contributed by atoms with Gasteiger partial charge in [-0.1, -0.05) is 25.5 Å². The fourth-order valence-corrected chi connectivity index (χ4v) is 7.31. The molecular weight excluding hydrogens is 316 g/mol. The zero-order valence-corrected chi connectivity index (χ0v) is 15.0. The van der Waals surface area contributed by atoms with Crippen LogP contribution in [0.25, 0.3) is 0 Å². The van der Waals surface area contributed by atoms with Gasteiger partial charge < -0.3 is 9.84 Å². The van der Waals surface area contributed by atoms with Crippen molar-refractivity contribution < 1.29 is 19.4 Å². The number of hydrogen-bond acceptors (Lipinski definition) is 4. The molecule has 5 rings (SSSR count). The van der Waals surface area contributed by atoms with Gasteiger partial charge in [0.05, 0.1) is 6.10 Å². The van der Waals surface area contributed by atoms with E-state index in [0.717, 1.165) is 25.7 Å². The molecule has 134 valence electrons. The second-order valence-electron chi connectivity index (χ2n) is 9.29. The van der Waals surface area contributed by atoms with Crippen molar-refractivity contribution >= 4 is 11.6 Å². The largest absolute Gasteiger partial charge is 0.393 e. The summed E-state index contributed by atoms with van der Waals surface area (Å²) in [4.78, 5) is 24.3. The van der Waals surface area contributed by atoms with Crippen molar-refractivity contribution in [3.63, 3.8) is 0 Å². The van der Waals surface area contributed by atoms with Gasteiger partial charge in [0, 0.05) is 16.7 Å². The third-order valence-corrected chi connectivity index (χ3v) is 8.52. The van der Waals surface area contributed by atoms with Crippen LogP contribution in [0.2, 0.25) is 0 Å². The first-order chi connectivity index (χ1) is 11.8. The summed E-state index contributed by atoms with van der Waals surface area (Å²) in [6.07, 6.45) is 9.35. The molecule has 1 aliphatic heterocycles. The van der Waals surface area contributed by atoms with Gasteiger partial charge in [-0.25, -0.2) is 0 Å². The van der Waals surface area contributed by atoms with Gasteiger partial charge in [0.2, 0.25) is 0 Å². The van der Waals surface area contributed by atoms with Gasteiger partial charge in [0.1, 0.15) is 12.2 Å². The Hall–Kier alpha value is -1.26. The molecule has 4 fully saturated rings. The summed E-state index contributed by atoms with van der Waals surface area (Å²) < 4.78 is 5.91. The first-order valence-corrected chi connectivity index (χ1v) is 9.61. The Morgan fingerprint density at radius 3 is 2.72 bits per heavy atom. The van der Waals surface area contributed by atoms with Crippen molar-refractivity contribution in [2.24, 2.45) is 28.6 Å². The first kappa shape index (κ1) is 16.0. The smallest absolute Gasteiger partial charge is 0.190 e. The first-order valence-electron chi connectivity index (χ1n) is 9.61. The number of rotatable bonds is 0. The van der Waals surface area contributed by atoms with Crippen LogP contribution in [0.1, 0.15) is 46.0 Å². The highest BCUT2D eigenvalue weighted by atomic mass is 16.5. The van der Waals surface area contributed by atoms with Crippen LogP contribution < -0.4 is 0 Å². The van der Waals surface area contributed by atoms with Crippen molar-refractivity contribution in [2.45, 2.75) is 57.7 Å². The predicted octanol–water partition coefficient (Wildman–Crippen LogP) is 2.60. The fourth-order valence-electron chi connectivity index (χ4n) is 7.31. The van der Waals surface area contributed by atoms with Gasteiger partial charge in [0.15, 0.2) is 11.6 Å². The van der Waals surface area contributed by atoms with Gasteiger partial charge in [-0.05, 0) is 56.1 Å². The molecule has 0 bridgehead atoms. The number of aliphatic hydroxyl groups excluding tert-OH is 1. The van der Waals surface area contributed by atoms with Crippen LogP contribution in [0.15, 0.2) is 23.8 Å². The number of fused-ring (bicyclic) bond motifs is 6. The molecule has 1 N–H and O–H groups in total. The Bertz CT molecular complexity index is 736. The summed E-state index contributed by atoms with van der Waals surface area (Å²) in [5.74, 6) is 1.21. The lowest BCUT2D eigenvalue weighted by Crippen LogP contribution is -2.67. The number of ether oxygens (including phenoxy) is 1. The molecule has 0 aromatic rings. The monoisotopic (exact) mass is 342 g/mol. The van der Waals surface area contributed by atoms with E-state index in [0.29, 0.717) is 18.3 Å². The molecule has 0 radical (unpaired) electrons. The summed E-state index contributed by atoms with van der Waals surface area (Å²) in [5.41, 5.74) is 0.0403. The Morgan fingerprint density at radius 2 is 2.04 bits per heavy atom. The lowest BCUT2D eigenvalue weighted by atomic mass is 9.46. The molecule has 4 aliphatic carbocycles. The summed E-state index contributed by atoms with van der Waals surface area (Å²) in [6.45, 7) is 4.59. The Labute approximate surface area is 148 Å². The lowest BCUT2D eigenvalue weighted by Gasteiger charge is -2.61. The third kappa shape index (κ3) is 1.71. The highest BCUT2D eigenvalue weighted by Gasteiger charge is 2.71. The van der Waals surface area contributed by atoms with E-state index in [1.165, 1.54) is 5.57 Å². The van der Waals surface area contributed by atoms with Crippen molar-refractivity contribution in [3.05, 3.63) is 23.8 Å². The maximum absolute atomic E-state index is 12.4. The normalized spacial score (nSPS) is 53.8. The van der Waals surface area contributed by atoms with E-state index in [9.17, 15) is 14.7 Å². The number of ketones is 2. The van der Waals surface area contributed by atoms with E-state index in [1.807, 2.05) is 6.08 Å². The van der Waals surface area contributed by atoms with E-state index < -0.39 is 11.7 Å². The zero-order valence-electron chi connectivity index (χ0n) is 15.0. The Morgan fingerprint density at radius 1 is 1.24 bits per heavy atom. The van der Waals surface area contributed by atoms with Crippen LogP contribution in [-0.2, 0) is 14.3 Å². The summed E-state index contributed by atoms with van der Waals surface area (Å²) >= 11 is 0. The standard InChI is InChI=1S/C21H26O4/c1-19-7-5-13(22)9-12(19)3-4-14-15-6-8-21(17(24)11-25-21)20(15,2)10-16(23)18(14)19/h5,7,9,14-16,18,23H,3-4,6,8,10-11H2,1-2H3/t14-,15-,16-,18-,19-,20-,21-/m0/s1. The minimum absolute atomic E-state index is 0.0642. The maximum Gasteiger partial charge on any atom is 0.190 e. The predicted molar refractivity (Wildman–Crippen MR) is 91.7 cm³/mol. The lowest BCUT2D eigenvalue weighted by molar-refractivity contribution is -0.224. The third-order valence-electron chi connectivity index (χ3n) is 8.52. The zero-order chi connectivity index (χ0) is 17.6. The number of allylic oxidation sites excluding steroid dienone is 4. The SMILES string of the molecule is C[C@]12C=CC(=O)C=C1CC[C@@H]1[C@H]2[C@@H](O)C[C@@]2(C)[C@H]1CC[C@@]21OCC1=O. The number of Topliss-reactive ketones (excluding diaryl/α,β-unsaturated/α-hetero) is 1. The Balaban J connectivity index is 1.56.